The molecule has 0 bridgehead atoms. The van der Waals surface area contributed by atoms with Crippen molar-refractivity contribution >= 4 is 0 Å². The fourth-order valence-electron chi connectivity index (χ4n) is 1.92. The second kappa shape index (κ2) is 5.57. The summed E-state index contributed by atoms with van der Waals surface area (Å²) in [6.45, 7) is 5.34. The number of nitrogens with two attached hydrogens (primary N) is 1. The molecule has 4 heteroatoms. The lowest BCUT2D eigenvalue weighted by Gasteiger charge is -2.22. The van der Waals surface area contributed by atoms with E-state index in [2.05, 4.69) is 0 Å². The third-order valence-electron chi connectivity index (χ3n) is 2.68. The van der Waals surface area contributed by atoms with Gasteiger partial charge in [-0.05, 0) is 44.9 Å². The van der Waals surface area contributed by atoms with Crippen LogP contribution in [-0.2, 0) is 6.42 Å². The highest BCUT2D eigenvalue weighted by Gasteiger charge is 2.20. The van der Waals surface area contributed by atoms with Gasteiger partial charge in [0.2, 0.25) is 0 Å². The van der Waals surface area contributed by atoms with Crippen LogP contribution in [0.4, 0.5) is 4.39 Å². The summed E-state index contributed by atoms with van der Waals surface area (Å²) in [5.74, 6) is 1.17. The van der Waals surface area contributed by atoms with Gasteiger partial charge in [-0.3, -0.25) is 0 Å². The Bertz CT molecular complexity index is 411. The van der Waals surface area contributed by atoms with Crippen molar-refractivity contribution in [2.75, 3.05) is 14.2 Å². The van der Waals surface area contributed by atoms with E-state index in [4.69, 9.17) is 15.2 Å². The number of rotatable bonds is 5. The molecule has 1 aromatic rings. The molecule has 0 aliphatic rings. The third-order valence-corrected chi connectivity index (χ3v) is 2.68. The maximum atomic E-state index is 13.5. The molecular weight excluding hydrogens is 233 g/mol. The summed E-state index contributed by atoms with van der Waals surface area (Å²) in [4.78, 5) is 0. The van der Waals surface area contributed by atoms with Gasteiger partial charge in [-0.1, -0.05) is 0 Å². The fourth-order valence-corrected chi connectivity index (χ4v) is 1.92. The molecule has 0 aromatic heterocycles. The van der Waals surface area contributed by atoms with Gasteiger partial charge in [-0.25, -0.2) is 4.39 Å². The van der Waals surface area contributed by atoms with Gasteiger partial charge in [0.1, 0.15) is 6.17 Å². The Morgan fingerprint density at radius 2 is 1.89 bits per heavy atom. The standard InChI is InChI=1S/C14H22FNO2/c1-9(15)10-6-11(8-14(2,3)16)13(18-5)12(7-10)17-4/h6-7,9H,8,16H2,1-5H3. The Labute approximate surface area is 108 Å². The molecule has 2 N–H and O–H groups in total. The molecule has 1 aromatic carbocycles. The first-order chi connectivity index (χ1) is 8.28. The second-order valence-electron chi connectivity index (χ2n) is 5.20. The molecule has 1 atom stereocenters. The van der Waals surface area contributed by atoms with Crippen LogP contribution >= 0.6 is 0 Å². The van der Waals surface area contributed by atoms with Crippen LogP contribution in [0.25, 0.3) is 0 Å². The van der Waals surface area contributed by atoms with E-state index < -0.39 is 11.7 Å². The van der Waals surface area contributed by atoms with Crippen molar-refractivity contribution in [2.24, 2.45) is 5.73 Å². The van der Waals surface area contributed by atoms with Crippen LogP contribution in [0, 0.1) is 0 Å². The Morgan fingerprint density at radius 1 is 1.28 bits per heavy atom. The molecular formula is C14H22FNO2. The molecule has 3 nitrogen and oxygen atoms in total. The van der Waals surface area contributed by atoms with Gasteiger partial charge < -0.3 is 15.2 Å². The van der Waals surface area contributed by atoms with Crippen LogP contribution in [0.5, 0.6) is 11.5 Å². The Hall–Kier alpha value is -1.29. The predicted octanol–water partition coefficient (Wildman–Crippen LogP) is 3.01. The highest BCUT2D eigenvalue weighted by atomic mass is 19.1. The van der Waals surface area contributed by atoms with Crippen molar-refractivity contribution in [1.82, 2.24) is 0 Å². The first kappa shape index (κ1) is 14.8. The van der Waals surface area contributed by atoms with Gasteiger partial charge in [-0.2, -0.15) is 0 Å². The molecule has 0 heterocycles. The molecule has 0 aliphatic heterocycles. The Morgan fingerprint density at radius 3 is 2.28 bits per heavy atom. The van der Waals surface area contributed by atoms with E-state index in [0.29, 0.717) is 23.5 Å². The zero-order valence-corrected chi connectivity index (χ0v) is 11.7. The van der Waals surface area contributed by atoms with E-state index in [1.54, 1.807) is 26.4 Å². The summed E-state index contributed by atoms with van der Waals surface area (Å²) in [7, 11) is 3.12. The average Bonchev–Trinajstić information content (AvgIpc) is 2.25. The maximum Gasteiger partial charge on any atom is 0.163 e. The summed E-state index contributed by atoms with van der Waals surface area (Å²) in [6.07, 6.45) is -0.461. The van der Waals surface area contributed by atoms with E-state index in [-0.39, 0.29) is 0 Å². The number of methoxy groups -OCH3 is 2. The zero-order chi connectivity index (χ0) is 13.9. The van der Waals surface area contributed by atoms with Crippen molar-refractivity contribution in [3.05, 3.63) is 23.3 Å². The predicted molar refractivity (Wildman–Crippen MR) is 71.0 cm³/mol. The second-order valence-corrected chi connectivity index (χ2v) is 5.20. The number of hydrogen-bond donors (Lipinski definition) is 1. The summed E-state index contributed by atoms with van der Waals surface area (Å²) in [5.41, 5.74) is 7.07. The third kappa shape index (κ3) is 3.60. The van der Waals surface area contributed by atoms with Crippen molar-refractivity contribution in [2.45, 2.75) is 38.9 Å². The molecule has 0 spiro atoms. The molecule has 1 rings (SSSR count). The van der Waals surface area contributed by atoms with Crippen molar-refractivity contribution in [3.8, 4) is 11.5 Å². The van der Waals surface area contributed by atoms with E-state index in [1.807, 2.05) is 13.8 Å². The monoisotopic (exact) mass is 255 g/mol. The number of benzene rings is 1. The first-order valence-electron chi connectivity index (χ1n) is 5.96. The lowest BCUT2D eigenvalue weighted by atomic mass is 9.93. The van der Waals surface area contributed by atoms with Crippen molar-refractivity contribution < 1.29 is 13.9 Å². The van der Waals surface area contributed by atoms with Gasteiger partial charge in [0.25, 0.3) is 0 Å². The highest BCUT2D eigenvalue weighted by molar-refractivity contribution is 5.50. The van der Waals surface area contributed by atoms with Crippen molar-refractivity contribution in [1.29, 1.82) is 0 Å². The number of hydrogen-bond acceptors (Lipinski definition) is 3. The Kier molecular flexibility index (Phi) is 4.57. The number of halogens is 1. The molecule has 0 aliphatic carbocycles. The van der Waals surface area contributed by atoms with Gasteiger partial charge in [0.15, 0.2) is 11.5 Å². The summed E-state index contributed by atoms with van der Waals surface area (Å²) < 4.78 is 24.1. The number of alkyl halides is 1. The van der Waals surface area contributed by atoms with Gasteiger partial charge >= 0.3 is 0 Å². The zero-order valence-electron chi connectivity index (χ0n) is 11.7. The van der Waals surface area contributed by atoms with E-state index in [9.17, 15) is 4.39 Å². The van der Waals surface area contributed by atoms with Crippen LogP contribution in [0.3, 0.4) is 0 Å². The summed E-state index contributed by atoms with van der Waals surface area (Å²) >= 11 is 0. The highest BCUT2D eigenvalue weighted by Crippen LogP contribution is 2.36. The smallest absolute Gasteiger partial charge is 0.163 e. The van der Waals surface area contributed by atoms with Crippen LogP contribution < -0.4 is 15.2 Å². The normalized spacial score (nSPS) is 13.3. The van der Waals surface area contributed by atoms with E-state index >= 15 is 0 Å². The summed E-state index contributed by atoms with van der Waals surface area (Å²) in [6, 6.07) is 3.46. The fraction of sp³-hybridized carbons (Fsp3) is 0.571. The molecule has 0 saturated carbocycles. The minimum absolute atomic E-state index is 0.392. The maximum absolute atomic E-state index is 13.5. The van der Waals surface area contributed by atoms with Gasteiger partial charge in [0.05, 0.1) is 14.2 Å². The van der Waals surface area contributed by atoms with Crippen LogP contribution in [-0.4, -0.2) is 19.8 Å². The average molecular weight is 255 g/mol. The lowest BCUT2D eigenvalue weighted by molar-refractivity contribution is 0.341. The van der Waals surface area contributed by atoms with Crippen LogP contribution in [0.1, 0.15) is 38.1 Å². The van der Waals surface area contributed by atoms with Crippen molar-refractivity contribution in [3.63, 3.8) is 0 Å². The Balaban J connectivity index is 3.31. The molecule has 0 amide bonds. The summed E-state index contributed by atoms with van der Waals surface area (Å²) in [5, 5.41) is 0. The van der Waals surface area contributed by atoms with E-state index in [1.165, 1.54) is 6.92 Å². The lowest BCUT2D eigenvalue weighted by Crippen LogP contribution is -2.34. The molecule has 0 fully saturated rings. The quantitative estimate of drug-likeness (QED) is 0.879. The van der Waals surface area contributed by atoms with Crippen LogP contribution in [0.2, 0.25) is 0 Å². The minimum atomic E-state index is -1.05. The number of ether oxygens (including phenoxy) is 2. The van der Waals surface area contributed by atoms with Gasteiger partial charge in [0, 0.05) is 11.1 Å². The molecule has 1 unspecified atom stereocenters. The van der Waals surface area contributed by atoms with Crippen LogP contribution in [0.15, 0.2) is 12.1 Å². The SMILES string of the molecule is COc1cc(C(C)F)cc(CC(C)(C)N)c1OC. The molecule has 102 valence electrons. The molecule has 18 heavy (non-hydrogen) atoms. The first-order valence-corrected chi connectivity index (χ1v) is 5.96. The van der Waals surface area contributed by atoms with Gasteiger partial charge in [-0.15, -0.1) is 0 Å². The minimum Gasteiger partial charge on any atom is -0.493 e. The molecule has 0 radical (unpaired) electrons. The largest absolute Gasteiger partial charge is 0.493 e. The van der Waals surface area contributed by atoms with E-state index in [0.717, 1.165) is 5.56 Å². The molecule has 0 saturated heterocycles. The topological polar surface area (TPSA) is 44.5 Å².